The van der Waals surface area contributed by atoms with Crippen LogP contribution in [0.15, 0.2) is 10.3 Å². The Hall–Kier alpha value is -0.990. The molecular weight excluding hydrogens is 257 g/mol. The second-order valence-electron chi connectivity index (χ2n) is 3.44. The number of hydrogen-bond acceptors (Lipinski definition) is 5. The average molecular weight is 267 g/mol. The molecule has 0 aliphatic carbocycles. The molecule has 0 aliphatic heterocycles. The van der Waals surface area contributed by atoms with Crippen LogP contribution >= 0.6 is 11.3 Å². The third-order valence-corrected chi connectivity index (χ3v) is 4.26. The van der Waals surface area contributed by atoms with Crippen LogP contribution in [0.25, 0.3) is 0 Å². The van der Waals surface area contributed by atoms with Crippen molar-refractivity contribution in [1.29, 1.82) is 0 Å². The Labute approximate surface area is 97.7 Å². The summed E-state index contributed by atoms with van der Waals surface area (Å²) in [4.78, 5) is 10.6. The van der Waals surface area contributed by atoms with Gasteiger partial charge in [0.05, 0.1) is 5.60 Å². The maximum Gasteiger partial charge on any atom is 0.418 e. The van der Waals surface area contributed by atoms with Gasteiger partial charge in [0.15, 0.2) is 10.0 Å². The van der Waals surface area contributed by atoms with Gasteiger partial charge in [0.2, 0.25) is 0 Å². The zero-order valence-electron chi connectivity index (χ0n) is 8.52. The van der Waals surface area contributed by atoms with Crippen molar-refractivity contribution in [2.24, 2.45) is 5.73 Å². The number of rotatable bonds is 3. The lowest BCUT2D eigenvalue weighted by Crippen LogP contribution is -2.14. The highest BCUT2D eigenvalue weighted by molar-refractivity contribution is 7.83. The van der Waals surface area contributed by atoms with Gasteiger partial charge >= 0.3 is 6.09 Å². The molecule has 1 aromatic heterocycles. The van der Waals surface area contributed by atoms with Crippen molar-refractivity contribution in [2.75, 3.05) is 0 Å². The van der Waals surface area contributed by atoms with Gasteiger partial charge in [-0.2, -0.15) is 0 Å². The van der Waals surface area contributed by atoms with Crippen LogP contribution in [0.4, 0.5) is 9.18 Å². The van der Waals surface area contributed by atoms with Crippen LogP contribution in [0.3, 0.4) is 0 Å². The zero-order valence-corrected chi connectivity index (χ0v) is 10.2. The number of primary amides is 1. The molecule has 0 unspecified atom stereocenters. The fourth-order valence-corrected chi connectivity index (χ4v) is 2.73. The smallest absolute Gasteiger partial charge is 0.385 e. The minimum absolute atomic E-state index is 0.279. The number of halogens is 1. The first kappa shape index (κ1) is 13.1. The Morgan fingerprint density at radius 2 is 2.25 bits per heavy atom. The molecule has 0 bridgehead atoms. The molecule has 0 fully saturated rings. The van der Waals surface area contributed by atoms with Crippen LogP contribution in [0.5, 0.6) is 0 Å². The molecule has 0 saturated heterocycles. The summed E-state index contributed by atoms with van der Waals surface area (Å²) in [6, 6.07) is 1.04. The number of amides is 1. The fraction of sp³-hybridized carbons (Fsp3) is 0.375. The third-order valence-electron chi connectivity index (χ3n) is 1.57. The van der Waals surface area contributed by atoms with Crippen molar-refractivity contribution >= 4 is 28.5 Å². The first-order valence-electron chi connectivity index (χ1n) is 4.13. The predicted molar refractivity (Wildman–Crippen MR) is 56.6 cm³/mol. The number of hydrogen-bond donors (Lipinski definition) is 2. The summed E-state index contributed by atoms with van der Waals surface area (Å²) >= 11 is -1.52. The minimum Gasteiger partial charge on any atom is -0.385 e. The number of thiophene rings is 1. The minimum atomic E-state index is -2.28. The molecular formula is C8H10FNO4S2. The molecule has 0 saturated carbocycles. The molecule has 0 radical (unpaired) electrons. The monoisotopic (exact) mass is 267 g/mol. The second-order valence-corrected chi connectivity index (χ2v) is 5.80. The molecule has 0 aromatic carbocycles. The van der Waals surface area contributed by atoms with Gasteiger partial charge in [0.1, 0.15) is 0 Å². The van der Waals surface area contributed by atoms with E-state index in [1.807, 2.05) is 0 Å². The molecule has 90 valence electrons. The summed E-state index contributed by atoms with van der Waals surface area (Å²) in [5.41, 5.74) is 3.40. The van der Waals surface area contributed by atoms with Crippen LogP contribution in [0.2, 0.25) is 0 Å². The Kier molecular flexibility index (Phi) is 3.66. The summed E-state index contributed by atoms with van der Waals surface area (Å²) in [7, 11) is 0. The van der Waals surface area contributed by atoms with Gasteiger partial charge in [0, 0.05) is 4.88 Å². The standard InChI is InChI=1S/C8H10FNO4S2/c1-8(2,12)5-3-4(9)6(15-5)16(13)14-7(10)11/h3,12H,1-2H3,(H2,10,11)/t16-/m0/s1. The van der Waals surface area contributed by atoms with Gasteiger partial charge in [-0.3, -0.25) is 0 Å². The molecule has 16 heavy (non-hydrogen) atoms. The lowest BCUT2D eigenvalue weighted by Gasteiger charge is -2.13. The van der Waals surface area contributed by atoms with E-state index < -0.39 is 28.6 Å². The van der Waals surface area contributed by atoms with E-state index in [2.05, 4.69) is 9.92 Å². The summed E-state index contributed by atoms with van der Waals surface area (Å²) in [6.07, 6.45) is -1.25. The Bertz CT molecular complexity index is 438. The number of carbonyl (C=O) groups excluding carboxylic acids is 1. The predicted octanol–water partition coefficient (Wildman–Crippen LogP) is 1.23. The van der Waals surface area contributed by atoms with E-state index in [4.69, 9.17) is 0 Å². The van der Waals surface area contributed by atoms with Crippen molar-refractivity contribution in [3.63, 3.8) is 0 Å². The maximum absolute atomic E-state index is 13.3. The SMILES string of the molecule is CC(C)(O)c1cc(F)c([S@@](=O)OC(N)=O)s1. The lowest BCUT2D eigenvalue weighted by molar-refractivity contribution is 0.0823. The van der Waals surface area contributed by atoms with Gasteiger partial charge in [-0.05, 0) is 19.9 Å². The summed E-state index contributed by atoms with van der Waals surface area (Å²) in [5.74, 6) is -0.804. The first-order valence-corrected chi connectivity index (χ1v) is 6.02. The van der Waals surface area contributed by atoms with Gasteiger partial charge < -0.3 is 15.0 Å². The molecule has 8 heteroatoms. The largest absolute Gasteiger partial charge is 0.418 e. The summed E-state index contributed by atoms with van der Waals surface area (Å²) < 4.78 is 28.5. The molecule has 1 aromatic rings. The molecule has 1 amide bonds. The van der Waals surface area contributed by atoms with Crippen LogP contribution in [-0.2, 0) is 20.9 Å². The normalized spacial score (nSPS) is 13.5. The highest BCUT2D eigenvalue weighted by Crippen LogP contribution is 2.32. The maximum atomic E-state index is 13.3. The molecule has 1 atom stereocenters. The highest BCUT2D eigenvalue weighted by atomic mass is 32.2. The van der Waals surface area contributed by atoms with E-state index in [1.54, 1.807) is 0 Å². The van der Waals surface area contributed by atoms with Gasteiger partial charge in [-0.1, -0.05) is 0 Å². The molecule has 1 heterocycles. The van der Waals surface area contributed by atoms with Gasteiger partial charge in [-0.15, -0.1) is 11.3 Å². The van der Waals surface area contributed by atoms with E-state index in [0.717, 1.165) is 17.4 Å². The number of nitrogens with two attached hydrogens (primary N) is 1. The Morgan fingerprint density at radius 3 is 2.62 bits per heavy atom. The molecule has 3 N–H and O–H groups in total. The molecule has 0 aliphatic rings. The van der Waals surface area contributed by atoms with Crippen molar-refractivity contribution in [3.8, 4) is 0 Å². The van der Waals surface area contributed by atoms with Gasteiger partial charge in [-0.25, -0.2) is 13.4 Å². The highest BCUT2D eigenvalue weighted by Gasteiger charge is 2.25. The van der Waals surface area contributed by atoms with Crippen molar-refractivity contribution < 1.29 is 22.7 Å². The van der Waals surface area contributed by atoms with Crippen molar-refractivity contribution in [1.82, 2.24) is 0 Å². The lowest BCUT2D eigenvalue weighted by atomic mass is 10.1. The summed E-state index contributed by atoms with van der Waals surface area (Å²) in [5, 5.41) is 9.60. The Morgan fingerprint density at radius 1 is 1.69 bits per heavy atom. The van der Waals surface area contributed by atoms with E-state index in [9.17, 15) is 18.5 Å². The summed E-state index contributed by atoms with van der Waals surface area (Å²) in [6.45, 7) is 2.92. The zero-order chi connectivity index (χ0) is 12.5. The third kappa shape index (κ3) is 3.00. The molecule has 0 spiro atoms. The number of aliphatic hydroxyl groups is 1. The van der Waals surface area contributed by atoms with Crippen LogP contribution in [0.1, 0.15) is 18.7 Å². The van der Waals surface area contributed by atoms with E-state index in [0.29, 0.717) is 0 Å². The molecule has 1 rings (SSSR count). The van der Waals surface area contributed by atoms with E-state index in [-0.39, 0.29) is 9.09 Å². The van der Waals surface area contributed by atoms with Gasteiger partial charge in [0.25, 0.3) is 11.1 Å². The number of carbonyl (C=O) groups is 1. The first-order chi connectivity index (χ1) is 7.21. The Balaban J connectivity index is 3.03. The van der Waals surface area contributed by atoms with Crippen molar-refractivity contribution in [3.05, 3.63) is 16.8 Å². The fourth-order valence-electron chi connectivity index (χ4n) is 0.880. The van der Waals surface area contributed by atoms with Crippen molar-refractivity contribution in [2.45, 2.75) is 23.7 Å². The van der Waals surface area contributed by atoms with E-state index in [1.165, 1.54) is 13.8 Å². The quantitative estimate of drug-likeness (QED) is 0.862. The van der Waals surface area contributed by atoms with Crippen LogP contribution < -0.4 is 5.73 Å². The van der Waals surface area contributed by atoms with Crippen LogP contribution in [-0.4, -0.2) is 15.4 Å². The van der Waals surface area contributed by atoms with Crippen LogP contribution in [0, 0.1) is 5.82 Å². The molecule has 5 nitrogen and oxygen atoms in total. The second kappa shape index (κ2) is 4.48. The average Bonchev–Trinajstić information content (AvgIpc) is 2.44. The topological polar surface area (TPSA) is 89.6 Å². The van der Waals surface area contributed by atoms with E-state index >= 15 is 0 Å².